The van der Waals surface area contributed by atoms with Crippen molar-refractivity contribution in [1.29, 1.82) is 0 Å². The Morgan fingerprint density at radius 2 is 1.73 bits per heavy atom. The fraction of sp³-hybridized carbons (Fsp3) is 0.438. The minimum absolute atomic E-state index is 0.0125. The van der Waals surface area contributed by atoms with E-state index >= 15 is 0 Å². The zero-order valence-corrected chi connectivity index (χ0v) is 23.2. The van der Waals surface area contributed by atoms with Crippen LogP contribution in [-0.2, 0) is 24.2 Å². The van der Waals surface area contributed by atoms with E-state index in [1.54, 1.807) is 6.92 Å². The number of rotatable bonds is 10. The van der Waals surface area contributed by atoms with Crippen molar-refractivity contribution < 1.29 is 19.8 Å². The van der Waals surface area contributed by atoms with Gasteiger partial charge in [0.25, 0.3) is 0 Å². The Morgan fingerprint density at radius 3 is 2.48 bits per heavy atom. The van der Waals surface area contributed by atoms with Crippen LogP contribution < -0.4 is 9.80 Å². The maximum atomic E-state index is 12.6. The van der Waals surface area contributed by atoms with Crippen LogP contribution in [0.15, 0.2) is 48.5 Å². The molecule has 0 amide bonds. The summed E-state index contributed by atoms with van der Waals surface area (Å²) < 4.78 is 0. The van der Waals surface area contributed by atoms with Gasteiger partial charge in [-0.1, -0.05) is 30.3 Å². The molecule has 0 radical (unpaired) electrons. The molecule has 2 aromatic carbocycles. The Morgan fingerprint density at radius 1 is 0.975 bits per heavy atom. The van der Waals surface area contributed by atoms with Gasteiger partial charge in [-0.3, -0.25) is 9.59 Å². The predicted octanol–water partition coefficient (Wildman–Crippen LogP) is 5.34. The average molecular weight is 543 g/mol. The molecular weight excluding hydrogens is 504 g/mol. The van der Waals surface area contributed by atoms with Crippen LogP contribution in [0, 0.1) is 12.8 Å². The zero-order valence-electron chi connectivity index (χ0n) is 23.2. The smallest absolute Gasteiger partial charge is 0.303 e. The van der Waals surface area contributed by atoms with Gasteiger partial charge in [-0.25, -0.2) is 9.97 Å². The Balaban J connectivity index is 1.15. The molecule has 2 aliphatic rings. The van der Waals surface area contributed by atoms with Crippen LogP contribution in [0.25, 0.3) is 0 Å². The van der Waals surface area contributed by atoms with Crippen molar-refractivity contribution in [3.63, 3.8) is 0 Å². The number of aliphatic carboxylic acids is 1. The highest BCUT2D eigenvalue weighted by atomic mass is 16.4. The average Bonchev–Trinajstić information content (AvgIpc) is 2.96. The molecule has 5 rings (SSSR count). The number of carbonyl (C=O) groups excluding carboxylic acids is 1. The number of carboxylic acid groups (broad SMARTS) is 1. The molecule has 3 heterocycles. The summed E-state index contributed by atoms with van der Waals surface area (Å²) in [6.07, 6.45) is 5.18. The first kappa shape index (κ1) is 27.6. The lowest BCUT2D eigenvalue weighted by Gasteiger charge is -2.34. The van der Waals surface area contributed by atoms with E-state index in [4.69, 9.17) is 5.11 Å². The summed E-state index contributed by atoms with van der Waals surface area (Å²) in [5, 5.41) is 19.2. The zero-order chi connectivity index (χ0) is 28.1. The first-order chi connectivity index (χ1) is 19.4. The van der Waals surface area contributed by atoms with Crippen LogP contribution >= 0.6 is 0 Å². The molecule has 0 aliphatic carbocycles. The number of fused-ring (bicyclic) bond motifs is 1. The number of nitrogens with zero attached hydrogens (tertiary/aromatic N) is 4. The molecule has 8 heteroatoms. The van der Waals surface area contributed by atoms with Crippen LogP contribution in [0.3, 0.4) is 0 Å². The Labute approximate surface area is 235 Å². The molecule has 1 saturated heterocycles. The van der Waals surface area contributed by atoms with Crippen LogP contribution in [0.5, 0.6) is 5.75 Å². The molecule has 0 saturated carbocycles. The third-order valence-electron chi connectivity index (χ3n) is 8.13. The maximum Gasteiger partial charge on any atom is 0.303 e. The number of hydrogen-bond acceptors (Lipinski definition) is 7. The lowest BCUT2D eigenvalue weighted by Crippen LogP contribution is -2.34. The Hall–Kier alpha value is -3.94. The molecule has 0 bridgehead atoms. The molecule has 3 aromatic rings. The van der Waals surface area contributed by atoms with Crippen molar-refractivity contribution in [2.75, 3.05) is 29.4 Å². The minimum Gasteiger partial charge on any atom is -0.504 e. The summed E-state index contributed by atoms with van der Waals surface area (Å²) >= 11 is 0. The summed E-state index contributed by atoms with van der Waals surface area (Å²) in [5.74, 6) is -0.518. The number of aromatic nitrogens is 2. The number of aromatic hydroxyl groups is 1. The Kier molecular flexibility index (Phi) is 8.63. The number of carboxylic acids is 1. The van der Waals surface area contributed by atoms with Gasteiger partial charge in [0, 0.05) is 56.8 Å². The van der Waals surface area contributed by atoms with Gasteiger partial charge in [-0.2, -0.15) is 0 Å². The predicted molar refractivity (Wildman–Crippen MR) is 155 cm³/mol. The van der Waals surface area contributed by atoms with E-state index in [-0.39, 0.29) is 36.5 Å². The number of piperidine rings is 1. The van der Waals surface area contributed by atoms with Gasteiger partial charge in [0.2, 0.25) is 0 Å². The number of anilines is 2. The summed E-state index contributed by atoms with van der Waals surface area (Å²) in [5.41, 5.74) is 5.77. The second-order valence-electron chi connectivity index (χ2n) is 11.0. The highest BCUT2D eigenvalue weighted by molar-refractivity contribution is 5.97. The topological polar surface area (TPSA) is 107 Å². The van der Waals surface area contributed by atoms with E-state index in [1.165, 1.54) is 28.9 Å². The monoisotopic (exact) mass is 542 g/mol. The number of Topliss-reactive ketones (excluding diaryl/α,β-unsaturated/α-hetero) is 1. The van der Waals surface area contributed by atoms with Gasteiger partial charge in [-0.05, 0) is 74.3 Å². The van der Waals surface area contributed by atoms with Crippen molar-refractivity contribution in [2.24, 2.45) is 5.92 Å². The molecule has 0 spiro atoms. The standard InChI is InChI=1S/C32H38N4O4/c1-22-32(40)31(28(37)9-4-10-30(38)39)34-29(33-22)20-23-15-18-35(19-16-23)26-13-11-24(12-14-26)21-36-17-5-7-25-6-2-3-8-27(25)36/h2-3,6,8,11-14,23,40H,4-5,7,9-10,15-21H2,1H3,(H,38,39). The molecule has 40 heavy (non-hydrogen) atoms. The normalized spacial score (nSPS) is 15.6. The minimum atomic E-state index is -0.942. The second-order valence-corrected chi connectivity index (χ2v) is 11.0. The number of ketones is 1. The van der Waals surface area contributed by atoms with Gasteiger partial charge < -0.3 is 20.0 Å². The summed E-state index contributed by atoms with van der Waals surface area (Å²) in [6, 6.07) is 17.7. The second kappa shape index (κ2) is 12.5. The molecular formula is C32H38N4O4. The highest BCUT2D eigenvalue weighted by Gasteiger charge is 2.24. The molecule has 1 aromatic heterocycles. The van der Waals surface area contributed by atoms with E-state index in [1.807, 2.05) is 0 Å². The number of carbonyl (C=O) groups is 2. The van der Waals surface area contributed by atoms with E-state index in [0.29, 0.717) is 23.9 Å². The van der Waals surface area contributed by atoms with Crippen molar-refractivity contribution in [2.45, 2.75) is 64.8 Å². The molecule has 1 fully saturated rings. The van der Waals surface area contributed by atoms with Gasteiger partial charge >= 0.3 is 5.97 Å². The molecule has 210 valence electrons. The van der Waals surface area contributed by atoms with E-state index in [0.717, 1.165) is 45.4 Å². The fourth-order valence-electron chi connectivity index (χ4n) is 5.89. The molecule has 0 atom stereocenters. The van der Waals surface area contributed by atoms with Crippen LogP contribution in [0.4, 0.5) is 11.4 Å². The number of hydrogen-bond donors (Lipinski definition) is 2. The number of para-hydroxylation sites is 1. The summed E-state index contributed by atoms with van der Waals surface area (Å²) in [6.45, 7) is 5.58. The fourth-order valence-corrected chi connectivity index (χ4v) is 5.89. The molecule has 2 aliphatic heterocycles. The molecule has 8 nitrogen and oxygen atoms in total. The lowest BCUT2D eigenvalue weighted by atomic mass is 9.92. The number of aryl methyl sites for hydroxylation is 2. The van der Waals surface area contributed by atoms with Gasteiger partial charge in [0.05, 0.1) is 5.69 Å². The van der Waals surface area contributed by atoms with Crippen molar-refractivity contribution in [3.8, 4) is 5.75 Å². The number of benzene rings is 2. The first-order valence-corrected chi connectivity index (χ1v) is 14.4. The van der Waals surface area contributed by atoms with Crippen molar-refractivity contribution >= 4 is 23.1 Å². The van der Waals surface area contributed by atoms with Gasteiger partial charge in [0.15, 0.2) is 17.2 Å². The largest absolute Gasteiger partial charge is 0.504 e. The third-order valence-corrected chi connectivity index (χ3v) is 8.13. The maximum absolute atomic E-state index is 12.6. The molecule has 2 N–H and O–H groups in total. The van der Waals surface area contributed by atoms with Gasteiger partial charge in [-0.15, -0.1) is 0 Å². The van der Waals surface area contributed by atoms with E-state index in [9.17, 15) is 14.7 Å². The van der Waals surface area contributed by atoms with Crippen LogP contribution in [-0.4, -0.2) is 51.6 Å². The molecule has 0 unspecified atom stereocenters. The van der Waals surface area contributed by atoms with Crippen LogP contribution in [0.2, 0.25) is 0 Å². The lowest BCUT2D eigenvalue weighted by molar-refractivity contribution is -0.137. The quantitative estimate of drug-likeness (QED) is 0.331. The van der Waals surface area contributed by atoms with Crippen molar-refractivity contribution in [1.82, 2.24) is 9.97 Å². The summed E-state index contributed by atoms with van der Waals surface area (Å²) in [4.78, 5) is 37.1. The van der Waals surface area contributed by atoms with Crippen LogP contribution in [0.1, 0.15) is 71.7 Å². The summed E-state index contributed by atoms with van der Waals surface area (Å²) in [7, 11) is 0. The van der Waals surface area contributed by atoms with E-state index < -0.39 is 5.97 Å². The van der Waals surface area contributed by atoms with Crippen molar-refractivity contribution in [3.05, 3.63) is 76.9 Å². The van der Waals surface area contributed by atoms with Gasteiger partial charge in [0.1, 0.15) is 5.82 Å². The highest BCUT2D eigenvalue weighted by Crippen LogP contribution is 2.30. The Bertz CT molecular complexity index is 1350. The SMILES string of the molecule is Cc1nc(CC2CCN(c3ccc(CN4CCCc5ccccc54)cc3)CC2)nc(C(=O)CCCC(=O)O)c1O. The first-order valence-electron chi connectivity index (χ1n) is 14.4. The third kappa shape index (κ3) is 6.61. The van der Waals surface area contributed by atoms with E-state index in [2.05, 4.69) is 68.3 Å².